The lowest BCUT2D eigenvalue weighted by Crippen LogP contribution is -2.35. The number of carbonyl (C=O) groups is 1. The van der Waals surface area contributed by atoms with Crippen LogP contribution in [0.25, 0.3) is 0 Å². The van der Waals surface area contributed by atoms with Crippen molar-refractivity contribution in [2.24, 2.45) is 0 Å². The first-order valence-corrected chi connectivity index (χ1v) is 11.9. The maximum absolute atomic E-state index is 13.1. The van der Waals surface area contributed by atoms with Crippen LogP contribution >= 0.6 is 0 Å². The SMILES string of the molecule is CCCCCc1ccc(C(=O)N2CCCN(c3nc(C)nc(C)c3C(C)C)CC2)cc1. The molecule has 3 rings (SSSR count). The molecule has 1 aliphatic rings. The summed E-state index contributed by atoms with van der Waals surface area (Å²) >= 11 is 0. The van der Waals surface area contributed by atoms with Gasteiger partial charge in [-0.15, -0.1) is 0 Å². The van der Waals surface area contributed by atoms with Crippen LogP contribution in [-0.2, 0) is 6.42 Å². The second-order valence-electron chi connectivity index (χ2n) is 9.04. The number of rotatable bonds is 7. The molecule has 0 bridgehead atoms. The highest BCUT2D eigenvalue weighted by Crippen LogP contribution is 2.29. The molecule has 1 aromatic heterocycles. The van der Waals surface area contributed by atoms with E-state index in [0.29, 0.717) is 5.92 Å². The molecule has 1 saturated heterocycles. The topological polar surface area (TPSA) is 49.3 Å². The summed E-state index contributed by atoms with van der Waals surface area (Å²) in [5.74, 6) is 2.37. The quantitative estimate of drug-likeness (QED) is 0.568. The summed E-state index contributed by atoms with van der Waals surface area (Å²) in [6.07, 6.45) is 5.74. The third kappa shape index (κ3) is 5.84. The van der Waals surface area contributed by atoms with Gasteiger partial charge in [-0.1, -0.05) is 45.7 Å². The van der Waals surface area contributed by atoms with Crippen LogP contribution < -0.4 is 4.90 Å². The van der Waals surface area contributed by atoms with Crippen LogP contribution in [0, 0.1) is 13.8 Å². The van der Waals surface area contributed by atoms with Gasteiger partial charge in [0.15, 0.2) is 0 Å². The number of benzene rings is 1. The van der Waals surface area contributed by atoms with E-state index in [0.717, 1.165) is 61.9 Å². The van der Waals surface area contributed by atoms with E-state index < -0.39 is 0 Å². The molecule has 2 heterocycles. The molecular formula is C26H38N4O. The first kappa shape index (κ1) is 23.2. The van der Waals surface area contributed by atoms with Gasteiger partial charge in [0.1, 0.15) is 11.6 Å². The number of amides is 1. The Morgan fingerprint density at radius 1 is 1.00 bits per heavy atom. The minimum absolute atomic E-state index is 0.140. The van der Waals surface area contributed by atoms with Crippen molar-refractivity contribution in [2.45, 2.75) is 72.6 Å². The second-order valence-corrected chi connectivity index (χ2v) is 9.04. The number of aromatic nitrogens is 2. The van der Waals surface area contributed by atoms with E-state index in [2.05, 4.69) is 49.7 Å². The molecule has 0 atom stereocenters. The van der Waals surface area contributed by atoms with Gasteiger partial charge < -0.3 is 9.80 Å². The van der Waals surface area contributed by atoms with Crippen molar-refractivity contribution in [1.29, 1.82) is 0 Å². The van der Waals surface area contributed by atoms with E-state index in [9.17, 15) is 4.79 Å². The van der Waals surface area contributed by atoms with Crippen LogP contribution in [0.4, 0.5) is 5.82 Å². The largest absolute Gasteiger partial charge is 0.354 e. The van der Waals surface area contributed by atoms with Gasteiger partial charge in [0.2, 0.25) is 0 Å². The Morgan fingerprint density at radius 3 is 2.42 bits per heavy atom. The smallest absolute Gasteiger partial charge is 0.253 e. The fourth-order valence-corrected chi connectivity index (χ4v) is 4.53. The first-order valence-electron chi connectivity index (χ1n) is 11.9. The highest BCUT2D eigenvalue weighted by molar-refractivity contribution is 5.94. The maximum atomic E-state index is 13.1. The molecule has 1 aromatic carbocycles. The number of hydrogen-bond donors (Lipinski definition) is 0. The number of hydrogen-bond acceptors (Lipinski definition) is 4. The normalized spacial score (nSPS) is 14.8. The van der Waals surface area contributed by atoms with Gasteiger partial charge >= 0.3 is 0 Å². The first-order chi connectivity index (χ1) is 14.9. The average molecular weight is 423 g/mol. The molecule has 0 spiro atoms. The molecule has 2 aromatic rings. The molecule has 1 amide bonds. The standard InChI is InChI=1S/C26H38N4O/c1-6-7-8-10-22-11-13-23(14-12-22)26(31)30-16-9-15-29(17-18-30)25-24(19(2)3)20(4)27-21(5)28-25/h11-14,19H,6-10,15-18H2,1-5H3. The van der Waals surface area contributed by atoms with Gasteiger partial charge in [-0.05, 0) is 56.7 Å². The molecule has 1 aliphatic heterocycles. The van der Waals surface area contributed by atoms with Crippen molar-refractivity contribution in [3.05, 3.63) is 52.5 Å². The summed E-state index contributed by atoms with van der Waals surface area (Å²) in [5, 5.41) is 0. The maximum Gasteiger partial charge on any atom is 0.253 e. The summed E-state index contributed by atoms with van der Waals surface area (Å²) in [4.78, 5) is 26.9. The lowest BCUT2D eigenvalue weighted by molar-refractivity contribution is 0.0767. The number of carbonyl (C=O) groups excluding carboxylic acids is 1. The Hall–Kier alpha value is -2.43. The number of nitrogens with zero attached hydrogens (tertiary/aromatic N) is 4. The molecule has 0 aliphatic carbocycles. The Morgan fingerprint density at radius 2 is 1.74 bits per heavy atom. The van der Waals surface area contributed by atoms with Crippen molar-refractivity contribution in [2.75, 3.05) is 31.1 Å². The number of aryl methyl sites for hydroxylation is 3. The average Bonchev–Trinajstić information content (AvgIpc) is 2.99. The zero-order valence-electron chi connectivity index (χ0n) is 19.9. The van der Waals surface area contributed by atoms with Gasteiger partial charge in [0, 0.05) is 43.0 Å². The van der Waals surface area contributed by atoms with Gasteiger partial charge in [-0.3, -0.25) is 4.79 Å². The molecule has 0 radical (unpaired) electrons. The van der Waals surface area contributed by atoms with E-state index in [-0.39, 0.29) is 5.91 Å². The van der Waals surface area contributed by atoms with Gasteiger partial charge in [0.25, 0.3) is 5.91 Å². The Balaban J connectivity index is 1.68. The zero-order chi connectivity index (χ0) is 22.4. The molecule has 1 fully saturated rings. The predicted octanol–water partition coefficient (Wildman–Crippen LogP) is 5.30. The van der Waals surface area contributed by atoms with E-state index in [1.165, 1.54) is 30.4 Å². The molecule has 0 N–H and O–H groups in total. The highest BCUT2D eigenvalue weighted by Gasteiger charge is 2.24. The second kappa shape index (κ2) is 10.7. The van der Waals surface area contributed by atoms with E-state index in [1.54, 1.807) is 0 Å². The molecule has 0 saturated carbocycles. The van der Waals surface area contributed by atoms with Crippen LogP contribution in [0.3, 0.4) is 0 Å². The molecule has 0 unspecified atom stereocenters. The monoisotopic (exact) mass is 422 g/mol. The predicted molar refractivity (Wildman–Crippen MR) is 128 cm³/mol. The minimum atomic E-state index is 0.140. The highest BCUT2D eigenvalue weighted by atomic mass is 16.2. The minimum Gasteiger partial charge on any atom is -0.354 e. The van der Waals surface area contributed by atoms with Crippen LogP contribution in [0.2, 0.25) is 0 Å². The van der Waals surface area contributed by atoms with Crippen molar-refractivity contribution in [3.8, 4) is 0 Å². The third-order valence-corrected chi connectivity index (χ3v) is 6.16. The summed E-state index contributed by atoms with van der Waals surface area (Å²) in [5.41, 5.74) is 4.41. The summed E-state index contributed by atoms with van der Waals surface area (Å²) in [7, 11) is 0. The van der Waals surface area contributed by atoms with Gasteiger partial charge in [0.05, 0.1) is 0 Å². The van der Waals surface area contributed by atoms with Gasteiger partial charge in [-0.25, -0.2) is 9.97 Å². The summed E-state index contributed by atoms with van der Waals surface area (Å²) in [6, 6.07) is 8.24. The Bertz CT molecular complexity index is 876. The van der Waals surface area contributed by atoms with Gasteiger partial charge in [-0.2, -0.15) is 0 Å². The zero-order valence-corrected chi connectivity index (χ0v) is 19.9. The van der Waals surface area contributed by atoms with Crippen LogP contribution in [0.15, 0.2) is 24.3 Å². The van der Waals surface area contributed by atoms with E-state index in [4.69, 9.17) is 4.98 Å². The van der Waals surface area contributed by atoms with Crippen molar-refractivity contribution >= 4 is 11.7 Å². The fraction of sp³-hybridized carbons (Fsp3) is 0.577. The Kier molecular flexibility index (Phi) is 8.05. The van der Waals surface area contributed by atoms with E-state index in [1.807, 2.05) is 24.0 Å². The molecule has 5 heteroatoms. The lowest BCUT2D eigenvalue weighted by Gasteiger charge is -2.27. The molecule has 168 valence electrons. The van der Waals surface area contributed by atoms with Crippen LogP contribution in [0.5, 0.6) is 0 Å². The fourth-order valence-electron chi connectivity index (χ4n) is 4.53. The number of anilines is 1. The third-order valence-electron chi connectivity index (χ3n) is 6.16. The number of unbranched alkanes of at least 4 members (excludes halogenated alkanes) is 2. The van der Waals surface area contributed by atoms with Crippen molar-refractivity contribution in [3.63, 3.8) is 0 Å². The Labute approximate surface area is 187 Å². The van der Waals surface area contributed by atoms with Crippen LogP contribution in [-0.4, -0.2) is 47.0 Å². The summed E-state index contributed by atoms with van der Waals surface area (Å²) in [6.45, 7) is 13.9. The van der Waals surface area contributed by atoms with Crippen molar-refractivity contribution < 1.29 is 4.79 Å². The molecule has 5 nitrogen and oxygen atoms in total. The summed E-state index contributed by atoms with van der Waals surface area (Å²) < 4.78 is 0. The van der Waals surface area contributed by atoms with E-state index >= 15 is 0 Å². The molecule has 31 heavy (non-hydrogen) atoms. The van der Waals surface area contributed by atoms with Crippen molar-refractivity contribution in [1.82, 2.24) is 14.9 Å². The lowest BCUT2D eigenvalue weighted by atomic mass is 10.0. The molecular weight excluding hydrogens is 384 g/mol. The van der Waals surface area contributed by atoms with Crippen LogP contribution in [0.1, 0.15) is 85.4 Å².